The van der Waals surface area contributed by atoms with Gasteiger partial charge in [0, 0.05) is 23.4 Å². The van der Waals surface area contributed by atoms with Gasteiger partial charge in [0.15, 0.2) is 6.61 Å². The molecule has 3 aromatic carbocycles. The number of carbonyl (C=O) groups excluding carboxylic acids is 4. The molecule has 0 heterocycles. The van der Waals surface area contributed by atoms with Crippen molar-refractivity contribution in [2.75, 3.05) is 11.5 Å². The van der Waals surface area contributed by atoms with E-state index in [-0.39, 0.29) is 18.7 Å². The van der Waals surface area contributed by atoms with Crippen LogP contribution in [0.25, 0.3) is 0 Å². The summed E-state index contributed by atoms with van der Waals surface area (Å²) in [7, 11) is 0. The molecule has 0 bridgehead atoms. The van der Waals surface area contributed by atoms with E-state index < -0.39 is 24.4 Å². The number of nitrogens with zero attached hydrogens (tertiary/aromatic N) is 1. The van der Waals surface area contributed by atoms with Crippen molar-refractivity contribution in [2.45, 2.75) is 12.8 Å². The minimum atomic E-state index is -0.700. The minimum Gasteiger partial charge on any atom is -0.455 e. The molecule has 0 aromatic heterocycles. The van der Waals surface area contributed by atoms with Gasteiger partial charge < -0.3 is 4.74 Å². The van der Waals surface area contributed by atoms with Crippen molar-refractivity contribution in [3.05, 3.63) is 96.6 Å². The van der Waals surface area contributed by atoms with Gasteiger partial charge in [-0.05, 0) is 36.4 Å². The molecule has 3 aromatic rings. The van der Waals surface area contributed by atoms with Crippen LogP contribution in [0.4, 0.5) is 11.4 Å². The fourth-order valence-corrected chi connectivity index (χ4v) is 2.95. The van der Waals surface area contributed by atoms with Crippen LogP contribution in [0.1, 0.15) is 23.2 Å². The molecule has 0 saturated heterocycles. The first kappa shape index (κ1) is 23.2. The van der Waals surface area contributed by atoms with Crippen molar-refractivity contribution < 1.29 is 23.9 Å². The minimum absolute atomic E-state index is 0.102. The fourth-order valence-electron chi connectivity index (χ4n) is 2.95. The zero-order valence-corrected chi connectivity index (χ0v) is 17.8. The molecule has 0 radical (unpaired) electrons. The Bertz CT molecular complexity index is 1050. The maximum atomic E-state index is 12.9. The molecular weight excluding hydrogens is 422 g/mol. The molecule has 0 saturated carbocycles. The van der Waals surface area contributed by atoms with Gasteiger partial charge in [-0.25, -0.2) is 0 Å². The fraction of sp³-hybridized carbons (Fsp3) is 0.120. The number of benzene rings is 3. The average molecular weight is 445 g/mol. The quantitative estimate of drug-likeness (QED) is 0.409. The van der Waals surface area contributed by atoms with Crippen LogP contribution in [0.15, 0.2) is 91.0 Å². The maximum absolute atomic E-state index is 12.9. The lowest BCUT2D eigenvalue weighted by atomic mass is 10.2. The molecule has 0 spiro atoms. The Labute approximate surface area is 191 Å². The van der Waals surface area contributed by atoms with E-state index in [1.54, 1.807) is 54.6 Å². The van der Waals surface area contributed by atoms with E-state index in [1.165, 1.54) is 4.90 Å². The summed E-state index contributed by atoms with van der Waals surface area (Å²) in [5.41, 5.74) is 6.13. The van der Waals surface area contributed by atoms with Crippen LogP contribution in [0.5, 0.6) is 0 Å². The van der Waals surface area contributed by atoms with E-state index >= 15 is 0 Å². The van der Waals surface area contributed by atoms with Crippen molar-refractivity contribution in [1.82, 2.24) is 10.9 Å². The normalized spacial score (nSPS) is 10.1. The third kappa shape index (κ3) is 7.03. The Hall–Kier alpha value is -4.46. The number of esters is 1. The molecule has 2 N–H and O–H groups in total. The second-order valence-corrected chi connectivity index (χ2v) is 6.93. The number of carbonyl (C=O) groups is 4. The summed E-state index contributed by atoms with van der Waals surface area (Å²) in [6.07, 6.45) is -0.298. The van der Waals surface area contributed by atoms with Crippen molar-refractivity contribution in [3.8, 4) is 0 Å². The predicted octanol–water partition coefficient (Wildman–Crippen LogP) is 3.14. The standard InChI is InChI=1S/C25H23N3O5/c29-22(26-27-25(32)19-10-4-1-5-11-19)18-33-24(31)17-16-23(30)28(20-12-6-2-7-13-20)21-14-8-3-9-15-21/h1-15H,16-18H2,(H,26,29)(H,27,32). The SMILES string of the molecule is O=C(COC(=O)CCC(=O)N(c1ccccc1)c1ccccc1)NNC(=O)c1ccccc1. The van der Waals surface area contributed by atoms with Gasteiger partial charge in [-0.2, -0.15) is 0 Å². The van der Waals surface area contributed by atoms with Crippen molar-refractivity contribution in [1.29, 1.82) is 0 Å². The summed E-state index contributed by atoms with van der Waals surface area (Å²) in [5.74, 6) is -2.19. The van der Waals surface area contributed by atoms with E-state index in [0.29, 0.717) is 16.9 Å². The lowest BCUT2D eigenvalue weighted by molar-refractivity contribution is -0.149. The number of ether oxygens (including phenoxy) is 1. The molecule has 168 valence electrons. The molecular formula is C25H23N3O5. The maximum Gasteiger partial charge on any atom is 0.306 e. The number of anilines is 2. The van der Waals surface area contributed by atoms with Gasteiger partial charge in [0.2, 0.25) is 5.91 Å². The van der Waals surface area contributed by atoms with E-state index in [0.717, 1.165) is 0 Å². The summed E-state index contributed by atoms with van der Waals surface area (Å²) in [6, 6.07) is 26.5. The van der Waals surface area contributed by atoms with Crippen LogP contribution in [0.3, 0.4) is 0 Å². The largest absolute Gasteiger partial charge is 0.455 e. The van der Waals surface area contributed by atoms with E-state index in [9.17, 15) is 19.2 Å². The number of para-hydroxylation sites is 2. The number of hydrogen-bond acceptors (Lipinski definition) is 5. The number of hydrogen-bond donors (Lipinski definition) is 2. The van der Waals surface area contributed by atoms with Gasteiger partial charge in [0.1, 0.15) is 0 Å². The third-order valence-corrected chi connectivity index (χ3v) is 4.54. The molecule has 0 aliphatic heterocycles. The highest BCUT2D eigenvalue weighted by Gasteiger charge is 2.19. The zero-order chi connectivity index (χ0) is 23.5. The molecule has 33 heavy (non-hydrogen) atoms. The third-order valence-electron chi connectivity index (χ3n) is 4.54. The second kappa shape index (κ2) is 11.8. The van der Waals surface area contributed by atoms with Gasteiger partial charge in [0.25, 0.3) is 11.8 Å². The Kier molecular flexibility index (Phi) is 8.30. The van der Waals surface area contributed by atoms with Crippen LogP contribution in [0.2, 0.25) is 0 Å². The highest BCUT2D eigenvalue weighted by Crippen LogP contribution is 2.26. The van der Waals surface area contributed by atoms with Gasteiger partial charge in [-0.3, -0.25) is 34.9 Å². The molecule has 8 heteroatoms. The number of nitrogens with one attached hydrogen (secondary N) is 2. The second-order valence-electron chi connectivity index (χ2n) is 6.93. The van der Waals surface area contributed by atoms with E-state index in [4.69, 9.17) is 4.74 Å². The Balaban J connectivity index is 1.46. The first-order chi connectivity index (χ1) is 16.0. The molecule has 0 aliphatic rings. The topological polar surface area (TPSA) is 105 Å². The molecule has 0 fully saturated rings. The van der Waals surface area contributed by atoms with Gasteiger partial charge in [-0.1, -0.05) is 54.6 Å². The first-order valence-corrected chi connectivity index (χ1v) is 10.3. The Morgan fingerprint density at radius 2 is 1.18 bits per heavy atom. The number of amides is 3. The summed E-state index contributed by atoms with van der Waals surface area (Å²) >= 11 is 0. The molecule has 0 unspecified atom stereocenters. The van der Waals surface area contributed by atoms with Crippen LogP contribution >= 0.6 is 0 Å². The molecule has 0 atom stereocenters. The summed E-state index contributed by atoms with van der Waals surface area (Å²) < 4.78 is 4.91. The van der Waals surface area contributed by atoms with E-state index in [2.05, 4.69) is 10.9 Å². The van der Waals surface area contributed by atoms with Crippen molar-refractivity contribution in [3.63, 3.8) is 0 Å². The lowest BCUT2D eigenvalue weighted by Gasteiger charge is -2.23. The Morgan fingerprint density at radius 3 is 1.73 bits per heavy atom. The number of rotatable bonds is 8. The highest BCUT2D eigenvalue weighted by molar-refractivity contribution is 6.01. The molecule has 3 amide bonds. The monoisotopic (exact) mass is 445 g/mol. The molecule has 0 aliphatic carbocycles. The van der Waals surface area contributed by atoms with Crippen LogP contribution in [0, 0.1) is 0 Å². The summed E-state index contributed by atoms with van der Waals surface area (Å²) in [5, 5.41) is 0. The highest BCUT2D eigenvalue weighted by atomic mass is 16.5. The van der Waals surface area contributed by atoms with Gasteiger partial charge in [-0.15, -0.1) is 0 Å². The predicted molar refractivity (Wildman–Crippen MR) is 122 cm³/mol. The van der Waals surface area contributed by atoms with Crippen LogP contribution < -0.4 is 15.8 Å². The zero-order valence-electron chi connectivity index (χ0n) is 17.8. The van der Waals surface area contributed by atoms with Gasteiger partial charge in [0.05, 0.1) is 6.42 Å². The van der Waals surface area contributed by atoms with Crippen molar-refractivity contribution >= 4 is 35.1 Å². The lowest BCUT2D eigenvalue weighted by Crippen LogP contribution is -2.43. The summed E-state index contributed by atoms with van der Waals surface area (Å²) in [4.78, 5) is 50.2. The van der Waals surface area contributed by atoms with Gasteiger partial charge >= 0.3 is 5.97 Å². The molecule has 8 nitrogen and oxygen atoms in total. The van der Waals surface area contributed by atoms with E-state index in [1.807, 2.05) is 36.4 Å². The first-order valence-electron chi connectivity index (χ1n) is 10.3. The smallest absolute Gasteiger partial charge is 0.306 e. The average Bonchev–Trinajstić information content (AvgIpc) is 2.86. The van der Waals surface area contributed by atoms with Crippen LogP contribution in [-0.4, -0.2) is 30.3 Å². The Morgan fingerprint density at radius 1 is 0.667 bits per heavy atom. The molecule has 3 rings (SSSR count). The van der Waals surface area contributed by atoms with Crippen molar-refractivity contribution in [2.24, 2.45) is 0 Å². The summed E-state index contributed by atoms with van der Waals surface area (Å²) in [6.45, 7) is -0.580. The van der Waals surface area contributed by atoms with Crippen LogP contribution in [-0.2, 0) is 19.1 Å². The number of hydrazine groups is 1.